The van der Waals surface area contributed by atoms with Crippen molar-refractivity contribution in [2.24, 2.45) is 5.10 Å². The van der Waals surface area contributed by atoms with Gasteiger partial charge in [0.05, 0.1) is 11.1 Å². The predicted molar refractivity (Wildman–Crippen MR) is 99.9 cm³/mol. The third kappa shape index (κ3) is 5.79. The number of nitro benzene ring substituents is 1. The van der Waals surface area contributed by atoms with Crippen molar-refractivity contribution in [1.29, 1.82) is 0 Å². The van der Waals surface area contributed by atoms with Gasteiger partial charge in [0.2, 0.25) is 11.8 Å². The second kappa shape index (κ2) is 8.77. The molecule has 2 aromatic carbocycles. The summed E-state index contributed by atoms with van der Waals surface area (Å²) in [6.45, 7) is 1.82. The van der Waals surface area contributed by atoms with Crippen LogP contribution in [0, 0.1) is 17.0 Å². The number of phenols is 1. The van der Waals surface area contributed by atoms with Gasteiger partial charge >= 0.3 is 5.69 Å². The number of amides is 2. The molecule has 0 heterocycles. The van der Waals surface area contributed by atoms with Crippen LogP contribution in [0.4, 0.5) is 11.4 Å². The molecule has 2 aromatic rings. The van der Waals surface area contributed by atoms with Crippen LogP contribution in [0.15, 0.2) is 41.5 Å². The molecule has 2 rings (SSSR count). The zero-order chi connectivity index (χ0) is 20.0. The van der Waals surface area contributed by atoms with Crippen LogP contribution in [-0.2, 0) is 9.59 Å². The van der Waals surface area contributed by atoms with Gasteiger partial charge in [-0.3, -0.25) is 19.7 Å². The SMILES string of the molecule is Cc1ccc(NC(=O)CC(=O)NN=Cc2ccc(O)c([N+](=O)[O-])c2)cc1Cl. The Hall–Kier alpha value is -3.46. The van der Waals surface area contributed by atoms with Crippen LogP contribution in [0.25, 0.3) is 0 Å². The maximum atomic E-state index is 11.8. The molecule has 3 N–H and O–H groups in total. The van der Waals surface area contributed by atoms with E-state index in [1.807, 2.05) is 6.92 Å². The molecule has 0 saturated heterocycles. The maximum absolute atomic E-state index is 11.8. The summed E-state index contributed by atoms with van der Waals surface area (Å²) >= 11 is 5.96. The van der Waals surface area contributed by atoms with E-state index in [4.69, 9.17) is 11.6 Å². The fourth-order valence-electron chi connectivity index (χ4n) is 2.01. The van der Waals surface area contributed by atoms with Crippen molar-refractivity contribution in [2.75, 3.05) is 5.32 Å². The number of nitro groups is 1. The maximum Gasteiger partial charge on any atom is 0.311 e. The van der Waals surface area contributed by atoms with E-state index < -0.39 is 34.6 Å². The average Bonchev–Trinajstić information content (AvgIpc) is 2.59. The zero-order valence-corrected chi connectivity index (χ0v) is 14.9. The Morgan fingerprint density at radius 2 is 2.00 bits per heavy atom. The molecule has 0 aromatic heterocycles. The van der Waals surface area contributed by atoms with E-state index in [-0.39, 0.29) is 0 Å². The van der Waals surface area contributed by atoms with Crippen molar-refractivity contribution in [3.8, 4) is 5.75 Å². The highest BCUT2D eigenvalue weighted by Crippen LogP contribution is 2.25. The van der Waals surface area contributed by atoms with E-state index in [1.165, 1.54) is 6.07 Å². The standard InChI is InChI=1S/C17H15ClN4O5/c1-10-2-4-12(7-13(10)18)20-16(24)8-17(25)21-19-9-11-3-5-15(23)14(6-11)22(26)27/h2-7,9,23H,8H2,1H3,(H,20,24)(H,21,25). The summed E-state index contributed by atoms with van der Waals surface area (Å²) in [4.78, 5) is 33.6. The van der Waals surface area contributed by atoms with Crippen LogP contribution in [0.5, 0.6) is 5.75 Å². The lowest BCUT2D eigenvalue weighted by Crippen LogP contribution is -2.24. The van der Waals surface area contributed by atoms with Crippen LogP contribution in [0.2, 0.25) is 5.02 Å². The van der Waals surface area contributed by atoms with Crippen LogP contribution < -0.4 is 10.7 Å². The quantitative estimate of drug-likeness (QED) is 0.302. The number of phenolic OH excluding ortho intramolecular Hbond substituents is 1. The van der Waals surface area contributed by atoms with Gasteiger partial charge in [0.25, 0.3) is 0 Å². The summed E-state index contributed by atoms with van der Waals surface area (Å²) in [5, 5.41) is 26.8. The Morgan fingerprint density at radius 3 is 2.67 bits per heavy atom. The Bertz CT molecular complexity index is 930. The van der Waals surface area contributed by atoms with Gasteiger partial charge in [-0.15, -0.1) is 0 Å². The highest BCUT2D eigenvalue weighted by molar-refractivity contribution is 6.31. The zero-order valence-electron chi connectivity index (χ0n) is 14.1. The minimum Gasteiger partial charge on any atom is -0.502 e. The number of hydrogen-bond donors (Lipinski definition) is 3. The average molecular weight is 391 g/mol. The number of hydrogen-bond acceptors (Lipinski definition) is 6. The monoisotopic (exact) mass is 390 g/mol. The molecular weight excluding hydrogens is 376 g/mol. The van der Waals surface area contributed by atoms with Crippen molar-refractivity contribution in [1.82, 2.24) is 5.43 Å². The van der Waals surface area contributed by atoms with Crippen molar-refractivity contribution in [2.45, 2.75) is 13.3 Å². The summed E-state index contributed by atoms with van der Waals surface area (Å²) in [5.74, 6) is -1.70. The number of anilines is 1. The molecule has 0 fully saturated rings. The molecule has 0 aliphatic carbocycles. The number of carbonyl (C=O) groups excluding carboxylic acids is 2. The molecule has 9 nitrogen and oxygen atoms in total. The molecule has 0 aliphatic heterocycles. The minimum atomic E-state index is -0.743. The minimum absolute atomic E-state index is 0.290. The number of halogens is 1. The number of nitrogens with one attached hydrogen (secondary N) is 2. The number of aromatic hydroxyl groups is 1. The summed E-state index contributed by atoms with van der Waals surface area (Å²) in [5.41, 5.74) is 3.27. The third-order valence-corrected chi connectivity index (χ3v) is 3.78. The molecule has 0 bridgehead atoms. The topological polar surface area (TPSA) is 134 Å². The van der Waals surface area contributed by atoms with Gasteiger partial charge in [-0.2, -0.15) is 5.10 Å². The molecular formula is C17H15ClN4O5. The van der Waals surface area contributed by atoms with Crippen molar-refractivity contribution in [3.63, 3.8) is 0 Å². The van der Waals surface area contributed by atoms with E-state index in [0.717, 1.165) is 23.9 Å². The van der Waals surface area contributed by atoms with Gasteiger partial charge in [-0.1, -0.05) is 17.7 Å². The Morgan fingerprint density at radius 1 is 1.26 bits per heavy atom. The first-order chi connectivity index (χ1) is 12.8. The van der Waals surface area contributed by atoms with Gasteiger partial charge in [-0.05, 0) is 36.8 Å². The molecule has 0 unspecified atom stereocenters. The second-order valence-corrected chi connectivity index (χ2v) is 5.89. The van der Waals surface area contributed by atoms with Crippen LogP contribution in [-0.4, -0.2) is 28.1 Å². The smallest absolute Gasteiger partial charge is 0.311 e. The highest BCUT2D eigenvalue weighted by atomic mass is 35.5. The normalized spacial score (nSPS) is 10.6. The van der Waals surface area contributed by atoms with Gasteiger partial charge < -0.3 is 10.4 Å². The summed E-state index contributed by atoms with van der Waals surface area (Å²) < 4.78 is 0. The van der Waals surface area contributed by atoms with Crippen molar-refractivity contribution < 1.29 is 19.6 Å². The molecule has 0 atom stereocenters. The molecule has 0 radical (unpaired) electrons. The molecule has 2 amide bonds. The van der Waals surface area contributed by atoms with E-state index in [0.29, 0.717) is 16.3 Å². The lowest BCUT2D eigenvalue weighted by Gasteiger charge is -2.06. The fraction of sp³-hybridized carbons (Fsp3) is 0.118. The van der Waals surface area contributed by atoms with Gasteiger partial charge in [0.1, 0.15) is 6.42 Å². The Labute approximate surface area is 158 Å². The fourth-order valence-corrected chi connectivity index (χ4v) is 2.19. The van der Waals surface area contributed by atoms with Gasteiger partial charge in [-0.25, -0.2) is 5.43 Å². The van der Waals surface area contributed by atoms with E-state index in [1.54, 1.807) is 18.2 Å². The first kappa shape index (κ1) is 19.9. The third-order valence-electron chi connectivity index (χ3n) is 3.38. The number of benzene rings is 2. The first-order valence-corrected chi connectivity index (χ1v) is 7.99. The predicted octanol–water partition coefficient (Wildman–Crippen LogP) is 2.74. The number of nitrogens with zero attached hydrogens (tertiary/aromatic N) is 2. The molecule has 140 valence electrons. The van der Waals surface area contributed by atoms with E-state index in [2.05, 4.69) is 15.8 Å². The summed E-state index contributed by atoms with van der Waals surface area (Å²) in [6, 6.07) is 8.58. The lowest BCUT2D eigenvalue weighted by atomic mass is 10.2. The summed E-state index contributed by atoms with van der Waals surface area (Å²) in [6.07, 6.45) is 0.681. The molecule has 0 spiro atoms. The number of rotatable bonds is 6. The number of carbonyl (C=O) groups is 2. The number of hydrazone groups is 1. The van der Waals surface area contributed by atoms with Crippen molar-refractivity contribution in [3.05, 3.63) is 62.7 Å². The summed E-state index contributed by atoms with van der Waals surface area (Å²) in [7, 11) is 0. The van der Waals surface area contributed by atoms with Crippen LogP contribution in [0.1, 0.15) is 17.5 Å². The van der Waals surface area contributed by atoms with E-state index >= 15 is 0 Å². The highest BCUT2D eigenvalue weighted by Gasteiger charge is 2.13. The second-order valence-electron chi connectivity index (χ2n) is 5.49. The molecule has 10 heteroatoms. The largest absolute Gasteiger partial charge is 0.502 e. The Balaban J connectivity index is 1.89. The van der Waals surface area contributed by atoms with Gasteiger partial charge in [0, 0.05) is 22.3 Å². The molecule has 0 aliphatic rings. The first-order valence-electron chi connectivity index (χ1n) is 7.61. The van der Waals surface area contributed by atoms with E-state index in [9.17, 15) is 24.8 Å². The molecule has 27 heavy (non-hydrogen) atoms. The van der Waals surface area contributed by atoms with Crippen LogP contribution >= 0.6 is 11.6 Å². The van der Waals surface area contributed by atoms with Gasteiger partial charge in [0.15, 0.2) is 5.75 Å². The lowest BCUT2D eigenvalue weighted by molar-refractivity contribution is -0.385. The van der Waals surface area contributed by atoms with Crippen LogP contribution in [0.3, 0.4) is 0 Å². The number of aryl methyl sites for hydroxylation is 1. The molecule has 0 saturated carbocycles. The Kier molecular flexibility index (Phi) is 6.45. The van der Waals surface area contributed by atoms with Crippen molar-refractivity contribution >= 4 is 41.0 Å².